The van der Waals surface area contributed by atoms with Gasteiger partial charge in [-0.15, -0.1) is 0 Å². The summed E-state index contributed by atoms with van der Waals surface area (Å²) in [6, 6.07) is -0.255. The number of hydrogen-bond acceptors (Lipinski definition) is 1. The Balaban J connectivity index is 1.87. The molecule has 2 aliphatic rings. The smallest absolute Gasteiger partial charge is 0.320 e. The van der Waals surface area contributed by atoms with Crippen LogP contribution in [0.15, 0.2) is 11.6 Å². The summed E-state index contributed by atoms with van der Waals surface area (Å²) in [5.41, 5.74) is 1.35. The summed E-state index contributed by atoms with van der Waals surface area (Å²) in [4.78, 5) is 14.7. The molecule has 0 spiro atoms. The zero-order chi connectivity index (χ0) is 12.6. The summed E-state index contributed by atoms with van der Waals surface area (Å²) in [5.74, 6) is -2.18. The lowest BCUT2D eigenvalue weighted by molar-refractivity contribution is -0.113. The molecular weight excluding hydrogens is 226 g/mol. The number of halogens is 2. The van der Waals surface area contributed by atoms with Gasteiger partial charge in [0, 0.05) is 13.1 Å². The molecule has 0 bridgehead atoms. The lowest BCUT2D eigenvalue weighted by Gasteiger charge is -2.42. The molecule has 0 N–H and O–H groups in total. The van der Waals surface area contributed by atoms with E-state index in [0.29, 0.717) is 19.0 Å². The van der Waals surface area contributed by atoms with Crippen molar-refractivity contribution in [2.75, 3.05) is 26.2 Å². The van der Waals surface area contributed by atoms with Crippen LogP contribution in [0.4, 0.5) is 13.6 Å². The average Bonchev–Trinajstić information content (AvgIpc) is 2.25. The number of likely N-dealkylation sites (tertiary alicyclic amines) is 1. The van der Waals surface area contributed by atoms with Gasteiger partial charge in [0.1, 0.15) is 0 Å². The van der Waals surface area contributed by atoms with Gasteiger partial charge in [0.05, 0.1) is 13.1 Å². The standard InChI is InChI=1S/C12H18F2N2O/c1-9(2)10-3-5-15(6-4-10)11(17)16-7-12(13,14)8-16/h3,9H,4-8H2,1-2H3. The van der Waals surface area contributed by atoms with Crippen molar-refractivity contribution in [3.63, 3.8) is 0 Å². The summed E-state index contributed by atoms with van der Waals surface area (Å²) in [7, 11) is 0. The fraction of sp³-hybridized carbons (Fsp3) is 0.750. The SMILES string of the molecule is CC(C)C1=CCN(C(=O)N2CC(F)(F)C2)CC1. The highest BCUT2D eigenvalue weighted by Crippen LogP contribution is 2.28. The minimum atomic E-state index is -2.68. The van der Waals surface area contributed by atoms with E-state index in [1.165, 1.54) is 10.5 Å². The second-order valence-corrected chi connectivity index (χ2v) is 5.12. The van der Waals surface area contributed by atoms with Gasteiger partial charge in [0.15, 0.2) is 0 Å². The molecule has 2 rings (SSSR count). The monoisotopic (exact) mass is 244 g/mol. The summed E-state index contributed by atoms with van der Waals surface area (Å²) < 4.78 is 25.3. The van der Waals surface area contributed by atoms with E-state index in [1.807, 2.05) is 6.08 Å². The fourth-order valence-corrected chi connectivity index (χ4v) is 2.23. The maximum Gasteiger partial charge on any atom is 0.320 e. The van der Waals surface area contributed by atoms with Gasteiger partial charge < -0.3 is 9.80 Å². The molecular formula is C12H18F2N2O. The first kappa shape index (κ1) is 12.3. The Labute approximate surface area is 100 Å². The fourth-order valence-electron chi connectivity index (χ4n) is 2.23. The van der Waals surface area contributed by atoms with Crippen molar-refractivity contribution in [2.45, 2.75) is 26.2 Å². The largest absolute Gasteiger partial charge is 0.321 e. The van der Waals surface area contributed by atoms with Crippen LogP contribution in [0.3, 0.4) is 0 Å². The first-order valence-electron chi connectivity index (χ1n) is 6.00. The summed E-state index contributed by atoms with van der Waals surface area (Å²) >= 11 is 0. The van der Waals surface area contributed by atoms with Gasteiger partial charge in [0.25, 0.3) is 5.92 Å². The normalized spacial score (nSPS) is 23.5. The third kappa shape index (κ3) is 2.58. The number of hydrogen-bond donors (Lipinski definition) is 0. The first-order valence-corrected chi connectivity index (χ1v) is 6.00. The van der Waals surface area contributed by atoms with Crippen molar-refractivity contribution in [3.8, 4) is 0 Å². The molecule has 2 aliphatic heterocycles. The Kier molecular flexibility index (Phi) is 3.10. The number of carbonyl (C=O) groups is 1. The Morgan fingerprint density at radius 2 is 2.00 bits per heavy atom. The highest BCUT2D eigenvalue weighted by atomic mass is 19.3. The van der Waals surface area contributed by atoms with Gasteiger partial charge in [0.2, 0.25) is 0 Å². The van der Waals surface area contributed by atoms with Crippen LogP contribution >= 0.6 is 0 Å². The Bertz CT molecular complexity index is 344. The van der Waals surface area contributed by atoms with Gasteiger partial charge in [-0.3, -0.25) is 0 Å². The van der Waals surface area contributed by atoms with E-state index in [4.69, 9.17) is 0 Å². The van der Waals surface area contributed by atoms with Gasteiger partial charge in [-0.25, -0.2) is 13.6 Å². The van der Waals surface area contributed by atoms with Crippen LogP contribution in [0.2, 0.25) is 0 Å². The molecule has 0 saturated carbocycles. The predicted molar refractivity (Wildman–Crippen MR) is 61.0 cm³/mol. The van der Waals surface area contributed by atoms with Crippen LogP contribution in [-0.2, 0) is 0 Å². The summed E-state index contributed by atoms with van der Waals surface area (Å²) in [6.45, 7) is 4.59. The second kappa shape index (κ2) is 4.27. The van der Waals surface area contributed by atoms with Crippen LogP contribution in [-0.4, -0.2) is 47.9 Å². The maximum absolute atomic E-state index is 12.7. The van der Waals surface area contributed by atoms with E-state index >= 15 is 0 Å². The molecule has 96 valence electrons. The molecule has 0 aromatic rings. The topological polar surface area (TPSA) is 23.6 Å². The van der Waals surface area contributed by atoms with E-state index in [1.54, 1.807) is 4.90 Å². The van der Waals surface area contributed by atoms with E-state index in [-0.39, 0.29) is 6.03 Å². The van der Waals surface area contributed by atoms with Crippen molar-refractivity contribution in [2.24, 2.45) is 5.92 Å². The lowest BCUT2D eigenvalue weighted by atomic mass is 9.97. The molecule has 1 fully saturated rings. The third-order valence-corrected chi connectivity index (χ3v) is 3.37. The number of carbonyl (C=O) groups excluding carboxylic acids is 1. The van der Waals surface area contributed by atoms with E-state index in [0.717, 1.165) is 6.42 Å². The van der Waals surface area contributed by atoms with Crippen molar-refractivity contribution in [1.82, 2.24) is 9.80 Å². The first-order chi connectivity index (χ1) is 7.89. The Morgan fingerprint density at radius 1 is 1.35 bits per heavy atom. The molecule has 2 amide bonds. The molecule has 0 radical (unpaired) electrons. The molecule has 17 heavy (non-hydrogen) atoms. The quantitative estimate of drug-likeness (QED) is 0.649. The van der Waals surface area contributed by atoms with Gasteiger partial charge in [-0.1, -0.05) is 25.5 Å². The van der Waals surface area contributed by atoms with Gasteiger partial charge >= 0.3 is 6.03 Å². The lowest BCUT2D eigenvalue weighted by Crippen LogP contribution is -2.61. The highest BCUT2D eigenvalue weighted by molar-refractivity contribution is 5.76. The van der Waals surface area contributed by atoms with Crippen LogP contribution in [0.25, 0.3) is 0 Å². The number of nitrogens with zero attached hydrogens (tertiary/aromatic N) is 2. The van der Waals surface area contributed by atoms with Crippen molar-refractivity contribution < 1.29 is 13.6 Å². The number of urea groups is 1. The van der Waals surface area contributed by atoms with Crippen molar-refractivity contribution in [1.29, 1.82) is 0 Å². The molecule has 3 nitrogen and oxygen atoms in total. The number of alkyl halides is 2. The molecule has 0 atom stereocenters. The molecule has 2 heterocycles. The minimum absolute atomic E-state index is 0.255. The second-order valence-electron chi connectivity index (χ2n) is 5.12. The summed E-state index contributed by atoms with van der Waals surface area (Å²) in [5, 5.41) is 0. The molecule has 0 aromatic carbocycles. The van der Waals surface area contributed by atoms with Crippen molar-refractivity contribution in [3.05, 3.63) is 11.6 Å². The Morgan fingerprint density at radius 3 is 2.41 bits per heavy atom. The van der Waals surface area contributed by atoms with Crippen LogP contribution in [0.5, 0.6) is 0 Å². The molecule has 5 heteroatoms. The minimum Gasteiger partial charge on any atom is -0.321 e. The Hall–Kier alpha value is -1.13. The number of amides is 2. The van der Waals surface area contributed by atoms with Crippen LogP contribution in [0, 0.1) is 5.92 Å². The number of rotatable bonds is 1. The maximum atomic E-state index is 12.7. The van der Waals surface area contributed by atoms with Gasteiger partial charge in [-0.2, -0.15) is 0 Å². The zero-order valence-electron chi connectivity index (χ0n) is 10.2. The van der Waals surface area contributed by atoms with E-state index in [2.05, 4.69) is 13.8 Å². The van der Waals surface area contributed by atoms with Crippen molar-refractivity contribution >= 4 is 6.03 Å². The van der Waals surface area contributed by atoms with Crippen LogP contribution in [0.1, 0.15) is 20.3 Å². The molecule has 0 unspecified atom stereocenters. The van der Waals surface area contributed by atoms with Crippen LogP contribution < -0.4 is 0 Å². The van der Waals surface area contributed by atoms with E-state index in [9.17, 15) is 13.6 Å². The highest BCUT2D eigenvalue weighted by Gasteiger charge is 2.47. The van der Waals surface area contributed by atoms with Gasteiger partial charge in [-0.05, 0) is 12.3 Å². The molecule has 0 aliphatic carbocycles. The molecule has 1 saturated heterocycles. The summed E-state index contributed by atoms with van der Waals surface area (Å²) in [6.07, 6.45) is 2.90. The molecule has 0 aromatic heterocycles. The third-order valence-electron chi connectivity index (χ3n) is 3.37. The predicted octanol–water partition coefficient (Wildman–Crippen LogP) is 2.35. The zero-order valence-corrected chi connectivity index (χ0v) is 10.2. The average molecular weight is 244 g/mol. The van der Waals surface area contributed by atoms with E-state index < -0.39 is 19.0 Å².